The highest BCUT2D eigenvalue weighted by molar-refractivity contribution is 9.10. The number of aromatic nitrogens is 1. The molecule has 1 aromatic heterocycles. The van der Waals surface area contributed by atoms with Crippen LogP contribution in [-0.4, -0.2) is 16.6 Å². The minimum absolute atomic E-state index is 0.101. The maximum absolute atomic E-state index is 13.5. The average molecular weight is 370 g/mol. The molecule has 0 spiro atoms. The van der Waals surface area contributed by atoms with Crippen molar-refractivity contribution in [2.24, 2.45) is 0 Å². The third-order valence-corrected chi connectivity index (χ3v) is 4.47. The summed E-state index contributed by atoms with van der Waals surface area (Å²) in [7, 11) is 0. The molecule has 110 valence electrons. The lowest BCUT2D eigenvalue weighted by molar-refractivity contribution is -0.115. The summed E-state index contributed by atoms with van der Waals surface area (Å²) in [4.78, 5) is 16.0. The van der Waals surface area contributed by atoms with Crippen LogP contribution in [0.4, 0.5) is 15.8 Å². The topological polar surface area (TPSA) is 68.0 Å². The molecule has 1 amide bonds. The molecule has 0 aliphatic rings. The highest BCUT2D eigenvalue weighted by atomic mass is 79.9. The van der Waals surface area contributed by atoms with E-state index in [9.17, 15) is 9.18 Å². The van der Waals surface area contributed by atoms with Crippen LogP contribution < -0.4 is 11.1 Å². The molecule has 0 atom stereocenters. The van der Waals surface area contributed by atoms with Crippen molar-refractivity contribution >= 4 is 45.0 Å². The van der Waals surface area contributed by atoms with Gasteiger partial charge in [0.15, 0.2) is 0 Å². The number of halogens is 2. The zero-order valence-corrected chi connectivity index (χ0v) is 13.4. The predicted molar refractivity (Wildman–Crippen MR) is 86.7 cm³/mol. The van der Waals surface area contributed by atoms with Crippen LogP contribution in [0, 0.1) is 5.82 Å². The van der Waals surface area contributed by atoms with E-state index in [4.69, 9.17) is 5.73 Å². The van der Waals surface area contributed by atoms with Crippen LogP contribution in [-0.2, 0) is 4.79 Å². The van der Waals surface area contributed by atoms with Crippen molar-refractivity contribution in [3.05, 3.63) is 46.8 Å². The van der Waals surface area contributed by atoms with Gasteiger partial charge in [0.25, 0.3) is 0 Å². The molecule has 0 radical (unpaired) electrons. The molecule has 0 fully saturated rings. The Balaban J connectivity index is 1.85. The molecule has 0 saturated carbocycles. The Labute approximate surface area is 134 Å². The van der Waals surface area contributed by atoms with Gasteiger partial charge >= 0.3 is 0 Å². The molecule has 4 nitrogen and oxygen atoms in total. The number of anilines is 2. The van der Waals surface area contributed by atoms with Crippen molar-refractivity contribution in [2.45, 2.75) is 11.4 Å². The minimum atomic E-state index is -0.502. The van der Waals surface area contributed by atoms with Gasteiger partial charge in [-0.05, 0) is 46.3 Å². The first-order valence-corrected chi connectivity index (χ1v) is 7.92. The Bertz CT molecular complexity index is 654. The minimum Gasteiger partial charge on any atom is -0.399 e. The van der Waals surface area contributed by atoms with Crippen LogP contribution in [0.15, 0.2) is 46.0 Å². The summed E-state index contributed by atoms with van der Waals surface area (Å²) in [6, 6.07) is 7.78. The fourth-order valence-corrected chi connectivity index (χ4v) is 2.99. The van der Waals surface area contributed by atoms with Crippen LogP contribution in [0.5, 0.6) is 0 Å². The maximum Gasteiger partial charge on any atom is 0.225 e. The van der Waals surface area contributed by atoms with Crippen molar-refractivity contribution in [2.75, 3.05) is 16.8 Å². The summed E-state index contributed by atoms with van der Waals surface area (Å²) in [5.74, 6) is -0.220. The lowest BCUT2D eigenvalue weighted by atomic mass is 10.2. The number of carbonyl (C=O) groups excluding carboxylic acids is 1. The Morgan fingerprint density at radius 3 is 3.00 bits per heavy atom. The predicted octanol–water partition coefficient (Wildman–Crippen LogP) is 3.69. The number of nitrogens with one attached hydrogen (secondary N) is 1. The lowest BCUT2D eigenvalue weighted by Gasteiger charge is -2.07. The fourth-order valence-electron chi connectivity index (χ4n) is 1.57. The maximum atomic E-state index is 13.5. The van der Waals surface area contributed by atoms with Crippen LogP contribution in [0.1, 0.15) is 6.42 Å². The van der Waals surface area contributed by atoms with Crippen molar-refractivity contribution < 1.29 is 9.18 Å². The van der Waals surface area contributed by atoms with E-state index in [-0.39, 0.29) is 18.0 Å². The first kappa shape index (κ1) is 15.8. The molecule has 3 N–H and O–H groups in total. The molecule has 0 saturated heterocycles. The van der Waals surface area contributed by atoms with Gasteiger partial charge in [0, 0.05) is 28.5 Å². The van der Waals surface area contributed by atoms with E-state index in [1.165, 1.54) is 30.0 Å². The summed E-state index contributed by atoms with van der Waals surface area (Å²) >= 11 is 4.84. The molecule has 21 heavy (non-hydrogen) atoms. The second-order valence-corrected chi connectivity index (χ2v) is 6.11. The van der Waals surface area contributed by atoms with E-state index in [2.05, 4.69) is 26.2 Å². The monoisotopic (exact) mass is 369 g/mol. The van der Waals surface area contributed by atoms with Gasteiger partial charge < -0.3 is 11.1 Å². The molecule has 0 aliphatic heterocycles. The largest absolute Gasteiger partial charge is 0.399 e. The van der Waals surface area contributed by atoms with Crippen molar-refractivity contribution in [3.63, 3.8) is 0 Å². The Morgan fingerprint density at radius 2 is 2.24 bits per heavy atom. The molecule has 1 aromatic carbocycles. The summed E-state index contributed by atoms with van der Waals surface area (Å²) < 4.78 is 14.4. The van der Waals surface area contributed by atoms with E-state index in [0.717, 1.165) is 9.50 Å². The van der Waals surface area contributed by atoms with Crippen molar-refractivity contribution in [1.82, 2.24) is 4.98 Å². The Morgan fingerprint density at radius 1 is 1.43 bits per heavy atom. The highest BCUT2D eigenvalue weighted by Crippen LogP contribution is 2.25. The normalized spacial score (nSPS) is 10.4. The van der Waals surface area contributed by atoms with Gasteiger partial charge in [0.05, 0.1) is 5.69 Å². The number of rotatable bonds is 5. The number of thioether (sulfide) groups is 1. The average Bonchev–Trinajstić information content (AvgIpc) is 2.45. The third-order valence-electron chi connectivity index (χ3n) is 2.56. The summed E-state index contributed by atoms with van der Waals surface area (Å²) in [5, 5.41) is 3.33. The number of hydrogen-bond acceptors (Lipinski definition) is 4. The van der Waals surface area contributed by atoms with Gasteiger partial charge in [-0.1, -0.05) is 0 Å². The summed E-state index contributed by atoms with van der Waals surface area (Å²) in [6.45, 7) is 0. The van der Waals surface area contributed by atoms with Gasteiger partial charge in [-0.25, -0.2) is 9.37 Å². The Kier molecular flexibility index (Phi) is 5.58. The number of hydrogen-bond donors (Lipinski definition) is 2. The zero-order valence-electron chi connectivity index (χ0n) is 11.0. The number of nitrogen functional groups attached to an aromatic ring is 1. The number of nitrogens with zero attached hydrogens (tertiary/aromatic N) is 1. The van der Waals surface area contributed by atoms with E-state index in [1.807, 2.05) is 12.1 Å². The van der Waals surface area contributed by atoms with Crippen LogP contribution >= 0.6 is 27.7 Å². The van der Waals surface area contributed by atoms with Gasteiger partial charge in [-0.3, -0.25) is 4.79 Å². The second-order valence-electron chi connectivity index (χ2n) is 4.18. The van der Waals surface area contributed by atoms with Crippen LogP contribution in [0.25, 0.3) is 0 Å². The molecule has 2 rings (SSSR count). The fraction of sp³-hybridized carbons (Fsp3) is 0.143. The summed E-state index contributed by atoms with van der Waals surface area (Å²) in [6.07, 6.45) is 1.94. The molecule has 0 aliphatic carbocycles. The highest BCUT2D eigenvalue weighted by Gasteiger charge is 2.08. The van der Waals surface area contributed by atoms with Gasteiger partial charge in [-0.2, -0.15) is 0 Å². The summed E-state index contributed by atoms with van der Waals surface area (Å²) in [5.41, 5.74) is 6.06. The Hall–Kier alpha value is -1.60. The van der Waals surface area contributed by atoms with E-state index < -0.39 is 5.82 Å². The molecule has 0 bridgehead atoms. The van der Waals surface area contributed by atoms with Gasteiger partial charge in [-0.15, -0.1) is 11.8 Å². The number of benzene rings is 1. The number of pyridine rings is 1. The smallest absolute Gasteiger partial charge is 0.225 e. The van der Waals surface area contributed by atoms with Gasteiger partial charge in [0.1, 0.15) is 10.8 Å². The van der Waals surface area contributed by atoms with Gasteiger partial charge in [0.2, 0.25) is 5.91 Å². The van der Waals surface area contributed by atoms with E-state index >= 15 is 0 Å². The zero-order chi connectivity index (χ0) is 15.2. The standard InChI is InChI=1S/C14H13BrFN3OS/c15-10-2-1-6-18-14(10)21-7-5-13(20)19-12-8-9(17)3-4-11(12)16/h1-4,6,8H,5,7,17H2,(H,19,20). The molecular weight excluding hydrogens is 357 g/mol. The number of carbonyl (C=O) groups is 1. The number of amides is 1. The van der Waals surface area contributed by atoms with Crippen LogP contribution in [0.3, 0.4) is 0 Å². The first-order chi connectivity index (χ1) is 10.1. The molecular formula is C14H13BrFN3OS. The SMILES string of the molecule is Nc1ccc(F)c(NC(=O)CCSc2ncccc2Br)c1. The van der Waals surface area contributed by atoms with Crippen molar-refractivity contribution in [1.29, 1.82) is 0 Å². The first-order valence-electron chi connectivity index (χ1n) is 6.14. The molecule has 7 heteroatoms. The molecule has 0 unspecified atom stereocenters. The van der Waals surface area contributed by atoms with E-state index in [1.54, 1.807) is 6.20 Å². The lowest BCUT2D eigenvalue weighted by Crippen LogP contribution is -2.13. The molecule has 2 aromatic rings. The quantitative estimate of drug-likeness (QED) is 0.622. The molecule has 1 heterocycles. The second kappa shape index (κ2) is 7.42. The van der Waals surface area contributed by atoms with Crippen LogP contribution in [0.2, 0.25) is 0 Å². The number of nitrogens with two attached hydrogens (primary N) is 1. The third kappa shape index (κ3) is 4.71. The van der Waals surface area contributed by atoms with Crippen molar-refractivity contribution in [3.8, 4) is 0 Å². The van der Waals surface area contributed by atoms with E-state index in [0.29, 0.717) is 11.4 Å².